The van der Waals surface area contributed by atoms with Gasteiger partial charge in [-0.1, -0.05) is 19.1 Å². The van der Waals surface area contributed by atoms with E-state index in [2.05, 4.69) is 0 Å². The molecule has 2 aromatic carbocycles. The van der Waals surface area contributed by atoms with Gasteiger partial charge in [-0.3, -0.25) is 4.79 Å². The van der Waals surface area contributed by atoms with Gasteiger partial charge in [0.15, 0.2) is 5.78 Å². The maximum Gasteiger partial charge on any atom is 0.338 e. The van der Waals surface area contributed by atoms with Crippen molar-refractivity contribution in [1.82, 2.24) is 0 Å². The first-order valence-corrected chi connectivity index (χ1v) is 8.65. The largest absolute Gasteiger partial charge is 0.462 e. The lowest BCUT2D eigenvalue weighted by Gasteiger charge is -2.19. The third kappa shape index (κ3) is 2.45. The molecule has 1 heterocycles. The maximum atomic E-state index is 12.7. The van der Waals surface area contributed by atoms with E-state index in [1.54, 1.807) is 12.1 Å². The van der Waals surface area contributed by atoms with Crippen LogP contribution in [0.2, 0.25) is 0 Å². The van der Waals surface area contributed by atoms with Crippen LogP contribution in [-0.2, 0) is 14.6 Å². The third-order valence-corrected chi connectivity index (χ3v) is 5.46. The first-order chi connectivity index (χ1) is 11.0. The van der Waals surface area contributed by atoms with Crippen LogP contribution in [0.25, 0.3) is 0 Å². The summed E-state index contributed by atoms with van der Waals surface area (Å²) in [4.78, 5) is 24.2. The molecule has 0 saturated heterocycles. The predicted octanol–water partition coefficient (Wildman–Crippen LogP) is 2.63. The Morgan fingerprint density at radius 3 is 2.48 bits per heavy atom. The second-order valence-electron chi connectivity index (χ2n) is 5.18. The molecule has 0 radical (unpaired) electrons. The van der Waals surface area contributed by atoms with Gasteiger partial charge >= 0.3 is 5.97 Å². The van der Waals surface area contributed by atoms with Crippen LogP contribution in [0.4, 0.5) is 0 Å². The van der Waals surface area contributed by atoms with Gasteiger partial charge in [0.2, 0.25) is 9.84 Å². The van der Waals surface area contributed by atoms with E-state index in [0.717, 1.165) is 0 Å². The molecule has 1 aliphatic rings. The van der Waals surface area contributed by atoms with Gasteiger partial charge in [-0.15, -0.1) is 0 Å². The van der Waals surface area contributed by atoms with E-state index in [0.29, 0.717) is 6.42 Å². The van der Waals surface area contributed by atoms with E-state index in [-0.39, 0.29) is 38.9 Å². The van der Waals surface area contributed by atoms with Crippen molar-refractivity contribution in [3.05, 3.63) is 59.2 Å². The van der Waals surface area contributed by atoms with Crippen LogP contribution < -0.4 is 0 Å². The smallest absolute Gasteiger partial charge is 0.338 e. The van der Waals surface area contributed by atoms with Gasteiger partial charge in [0.05, 0.1) is 22.0 Å². The van der Waals surface area contributed by atoms with E-state index < -0.39 is 15.8 Å². The van der Waals surface area contributed by atoms with Crippen LogP contribution in [-0.4, -0.2) is 26.8 Å². The highest BCUT2D eigenvalue weighted by molar-refractivity contribution is 7.91. The van der Waals surface area contributed by atoms with Crippen LogP contribution in [0, 0.1) is 0 Å². The lowest BCUT2D eigenvalue weighted by Crippen LogP contribution is -2.21. The molecule has 3 rings (SSSR count). The van der Waals surface area contributed by atoms with Gasteiger partial charge in [0, 0.05) is 11.1 Å². The van der Waals surface area contributed by atoms with E-state index in [1.165, 1.54) is 30.3 Å². The van der Waals surface area contributed by atoms with Crippen molar-refractivity contribution < 1.29 is 22.7 Å². The number of hydrogen-bond acceptors (Lipinski definition) is 5. The van der Waals surface area contributed by atoms with Crippen molar-refractivity contribution in [1.29, 1.82) is 0 Å². The average molecular weight is 330 g/mol. The average Bonchev–Trinajstić information content (AvgIpc) is 2.57. The zero-order valence-electron chi connectivity index (χ0n) is 12.4. The summed E-state index contributed by atoms with van der Waals surface area (Å²) in [6.45, 7) is 2.12. The number of esters is 1. The highest BCUT2D eigenvalue weighted by Crippen LogP contribution is 2.34. The second-order valence-corrected chi connectivity index (χ2v) is 7.06. The molecule has 23 heavy (non-hydrogen) atoms. The minimum Gasteiger partial charge on any atom is -0.462 e. The number of rotatable bonds is 3. The summed E-state index contributed by atoms with van der Waals surface area (Å²) in [5, 5.41) is 0. The Morgan fingerprint density at radius 2 is 1.74 bits per heavy atom. The molecular weight excluding hydrogens is 316 g/mol. The zero-order valence-corrected chi connectivity index (χ0v) is 13.2. The van der Waals surface area contributed by atoms with E-state index in [1.807, 2.05) is 6.92 Å². The van der Waals surface area contributed by atoms with Gasteiger partial charge in [-0.2, -0.15) is 0 Å². The molecule has 1 aliphatic heterocycles. The van der Waals surface area contributed by atoms with Gasteiger partial charge in [0.25, 0.3) is 0 Å². The molecule has 0 N–H and O–H groups in total. The van der Waals surface area contributed by atoms with Crippen molar-refractivity contribution >= 4 is 21.6 Å². The summed E-state index contributed by atoms with van der Waals surface area (Å²) in [7, 11) is -3.84. The molecule has 0 amide bonds. The molecule has 0 bridgehead atoms. The number of benzene rings is 2. The standard InChI is InChI=1S/C17H14O5S/c1-2-9-22-17(19)11-7-8-13-15(10-11)23(20,21)14-6-4-3-5-12(14)16(13)18/h3-8,10H,2,9H2,1H3. The fourth-order valence-electron chi connectivity index (χ4n) is 2.49. The molecule has 0 aliphatic carbocycles. The molecular formula is C17H14O5S. The number of fused-ring (bicyclic) bond motifs is 2. The summed E-state index contributed by atoms with van der Waals surface area (Å²) in [5.74, 6) is -0.963. The van der Waals surface area contributed by atoms with Gasteiger partial charge in [-0.25, -0.2) is 13.2 Å². The number of hydrogen-bond donors (Lipinski definition) is 0. The number of ketones is 1. The molecule has 2 aromatic rings. The summed E-state index contributed by atoms with van der Waals surface area (Å²) >= 11 is 0. The van der Waals surface area contributed by atoms with Gasteiger partial charge in [0.1, 0.15) is 0 Å². The summed E-state index contributed by atoms with van der Waals surface area (Å²) < 4.78 is 30.5. The summed E-state index contributed by atoms with van der Waals surface area (Å²) in [5.41, 5.74) is 0.352. The van der Waals surface area contributed by atoms with E-state index >= 15 is 0 Å². The van der Waals surface area contributed by atoms with Crippen LogP contribution in [0.3, 0.4) is 0 Å². The minimum atomic E-state index is -3.84. The second kappa shape index (κ2) is 5.62. The van der Waals surface area contributed by atoms with Gasteiger partial charge < -0.3 is 4.74 Å². The van der Waals surface area contributed by atoms with Crippen molar-refractivity contribution in [3.63, 3.8) is 0 Å². The quantitative estimate of drug-likeness (QED) is 0.690. The molecule has 6 heteroatoms. The Labute approximate surface area is 133 Å². The molecule has 0 atom stereocenters. The van der Waals surface area contributed by atoms with Crippen molar-refractivity contribution in [3.8, 4) is 0 Å². The molecule has 5 nitrogen and oxygen atoms in total. The topological polar surface area (TPSA) is 77.5 Å². The number of sulfone groups is 1. The fraction of sp³-hybridized carbons (Fsp3) is 0.176. The summed E-state index contributed by atoms with van der Waals surface area (Å²) in [6.07, 6.45) is 0.668. The first-order valence-electron chi connectivity index (χ1n) is 7.17. The number of carbonyl (C=O) groups is 2. The highest BCUT2D eigenvalue weighted by atomic mass is 32.2. The van der Waals surface area contributed by atoms with E-state index in [9.17, 15) is 18.0 Å². The SMILES string of the molecule is CCCOC(=O)c1ccc2c(c1)S(=O)(=O)c1ccccc1C2=O. The Balaban J connectivity index is 2.14. The van der Waals surface area contributed by atoms with Gasteiger partial charge in [-0.05, 0) is 36.8 Å². The Kier molecular flexibility index (Phi) is 3.77. The number of ether oxygens (including phenoxy) is 1. The monoisotopic (exact) mass is 330 g/mol. The Hall–Kier alpha value is -2.47. The van der Waals surface area contributed by atoms with Crippen molar-refractivity contribution in [2.75, 3.05) is 6.61 Å². The van der Waals surface area contributed by atoms with E-state index in [4.69, 9.17) is 4.74 Å². The first kappa shape index (κ1) is 15.4. The normalized spacial score (nSPS) is 14.7. The molecule has 0 spiro atoms. The molecule has 0 unspecified atom stereocenters. The third-order valence-electron chi connectivity index (χ3n) is 3.61. The predicted molar refractivity (Wildman–Crippen MR) is 82.3 cm³/mol. The lowest BCUT2D eigenvalue weighted by atomic mass is 10.0. The van der Waals surface area contributed by atoms with Crippen LogP contribution in [0.15, 0.2) is 52.3 Å². The molecule has 0 fully saturated rings. The van der Waals surface area contributed by atoms with Crippen molar-refractivity contribution in [2.24, 2.45) is 0 Å². The minimum absolute atomic E-state index is 0.0309. The molecule has 0 saturated carbocycles. The summed E-state index contributed by atoms with van der Waals surface area (Å²) in [6, 6.07) is 10.1. The van der Waals surface area contributed by atoms with Crippen LogP contribution >= 0.6 is 0 Å². The molecule has 118 valence electrons. The van der Waals surface area contributed by atoms with Crippen LogP contribution in [0.1, 0.15) is 39.6 Å². The fourth-order valence-corrected chi connectivity index (χ4v) is 4.17. The lowest BCUT2D eigenvalue weighted by molar-refractivity contribution is 0.0504. The Morgan fingerprint density at radius 1 is 1.04 bits per heavy atom. The zero-order chi connectivity index (χ0) is 16.6. The van der Waals surface area contributed by atoms with Crippen molar-refractivity contribution in [2.45, 2.75) is 23.1 Å². The highest BCUT2D eigenvalue weighted by Gasteiger charge is 2.35. The molecule has 0 aromatic heterocycles. The Bertz CT molecular complexity index is 912. The maximum absolute atomic E-state index is 12.7. The van der Waals surface area contributed by atoms with Crippen LogP contribution in [0.5, 0.6) is 0 Å². The number of carbonyl (C=O) groups excluding carboxylic acids is 2.